The highest BCUT2D eigenvalue weighted by molar-refractivity contribution is 5.70. The van der Waals surface area contributed by atoms with Gasteiger partial charge in [0.2, 0.25) is 11.8 Å². The molecule has 0 aliphatic heterocycles. The molecule has 5 rings (SSSR count). The Morgan fingerprint density at radius 1 is 0.710 bits per heavy atom. The molecule has 6 nitrogen and oxygen atoms in total. The first kappa shape index (κ1) is 19.0. The maximum absolute atomic E-state index is 11.0. The van der Waals surface area contributed by atoms with E-state index in [0.717, 1.165) is 22.3 Å². The zero-order chi connectivity index (χ0) is 21.2. The molecule has 0 spiro atoms. The molecule has 2 aromatic heterocycles. The topological polar surface area (TPSA) is 85.2 Å². The summed E-state index contributed by atoms with van der Waals surface area (Å²) in [6, 6.07) is 27.5. The molecule has 1 atom stereocenters. The molecule has 0 bridgehead atoms. The smallest absolute Gasteiger partial charge is 0.250 e. The van der Waals surface area contributed by atoms with Gasteiger partial charge in [-0.15, -0.1) is 10.2 Å². The normalized spacial score (nSPS) is 12.1. The number of hydrogen-bond acceptors (Lipinski definition) is 6. The highest BCUT2D eigenvalue weighted by Gasteiger charge is 2.27. The number of nitrogens with zero attached hydrogens (tertiary/aromatic N) is 3. The van der Waals surface area contributed by atoms with E-state index in [-0.39, 0.29) is 5.89 Å². The minimum absolute atomic E-state index is 0.0901. The Morgan fingerprint density at radius 3 is 1.97 bits per heavy atom. The van der Waals surface area contributed by atoms with E-state index in [2.05, 4.69) is 27.5 Å². The van der Waals surface area contributed by atoms with Crippen molar-refractivity contribution in [3.8, 4) is 33.9 Å². The van der Waals surface area contributed by atoms with Gasteiger partial charge in [-0.05, 0) is 30.2 Å². The van der Waals surface area contributed by atoms with Crippen LogP contribution in [0.2, 0.25) is 0 Å². The molecular formula is C25H19N3O3. The molecule has 6 heteroatoms. The number of rotatable bonds is 5. The summed E-state index contributed by atoms with van der Waals surface area (Å²) >= 11 is 0. The van der Waals surface area contributed by atoms with Crippen molar-refractivity contribution in [3.63, 3.8) is 0 Å². The first-order valence-corrected chi connectivity index (χ1v) is 9.89. The van der Waals surface area contributed by atoms with Crippen LogP contribution in [0.25, 0.3) is 33.9 Å². The summed E-state index contributed by atoms with van der Waals surface area (Å²) in [5.74, 6) is 0.911. The fourth-order valence-corrected chi connectivity index (χ4v) is 3.52. The largest absolute Gasteiger partial charge is 0.417 e. The summed E-state index contributed by atoms with van der Waals surface area (Å²) in [6.07, 6.45) is -1.15. The van der Waals surface area contributed by atoms with Crippen LogP contribution in [-0.2, 0) is 0 Å². The zero-order valence-electron chi connectivity index (χ0n) is 16.8. The molecule has 1 unspecified atom stereocenters. The standard InChI is InChI=1S/C25H19N3O3/c1-16-21(22(29)25-27-26-24(30-25)20-10-6-3-7-11-20)23(31-28-16)19-14-12-18(13-15-19)17-8-4-2-5-9-17/h2-15,22,29H,1H3. The van der Waals surface area contributed by atoms with E-state index in [9.17, 15) is 5.11 Å². The van der Waals surface area contributed by atoms with Gasteiger partial charge in [-0.25, -0.2) is 0 Å². The van der Waals surface area contributed by atoms with Gasteiger partial charge in [0.05, 0.1) is 11.3 Å². The molecule has 0 saturated carbocycles. The van der Waals surface area contributed by atoms with Crippen LogP contribution in [-0.4, -0.2) is 20.5 Å². The van der Waals surface area contributed by atoms with Gasteiger partial charge < -0.3 is 14.0 Å². The fraction of sp³-hybridized carbons (Fsp3) is 0.0800. The van der Waals surface area contributed by atoms with Crippen LogP contribution in [0.15, 0.2) is 93.9 Å². The number of aryl methyl sites for hydroxylation is 1. The van der Waals surface area contributed by atoms with Gasteiger partial charge >= 0.3 is 0 Å². The van der Waals surface area contributed by atoms with E-state index < -0.39 is 6.10 Å². The lowest BCUT2D eigenvalue weighted by atomic mass is 9.99. The second-order valence-corrected chi connectivity index (χ2v) is 7.17. The van der Waals surface area contributed by atoms with Crippen molar-refractivity contribution in [1.82, 2.24) is 15.4 Å². The van der Waals surface area contributed by atoms with Crippen molar-refractivity contribution < 1.29 is 14.0 Å². The highest BCUT2D eigenvalue weighted by atomic mass is 16.5. The average Bonchev–Trinajstić information content (AvgIpc) is 3.47. The van der Waals surface area contributed by atoms with Crippen molar-refractivity contribution in [2.75, 3.05) is 0 Å². The van der Waals surface area contributed by atoms with Crippen LogP contribution in [0.4, 0.5) is 0 Å². The Morgan fingerprint density at radius 2 is 1.29 bits per heavy atom. The van der Waals surface area contributed by atoms with Crippen LogP contribution in [0.1, 0.15) is 23.3 Å². The molecule has 0 fully saturated rings. The van der Waals surface area contributed by atoms with Gasteiger partial charge in [-0.2, -0.15) is 0 Å². The van der Waals surface area contributed by atoms with Crippen molar-refractivity contribution >= 4 is 0 Å². The second kappa shape index (κ2) is 8.01. The van der Waals surface area contributed by atoms with Crippen LogP contribution in [0, 0.1) is 6.92 Å². The Bertz CT molecular complexity index is 1290. The summed E-state index contributed by atoms with van der Waals surface area (Å²) < 4.78 is 11.3. The third-order valence-electron chi connectivity index (χ3n) is 5.13. The number of hydrogen-bond donors (Lipinski definition) is 1. The van der Waals surface area contributed by atoms with E-state index in [4.69, 9.17) is 8.94 Å². The average molecular weight is 409 g/mol. The van der Waals surface area contributed by atoms with Crippen LogP contribution in [0.5, 0.6) is 0 Å². The maximum atomic E-state index is 11.0. The first-order valence-electron chi connectivity index (χ1n) is 9.89. The molecule has 31 heavy (non-hydrogen) atoms. The predicted octanol–water partition coefficient (Wildman–Crippen LogP) is 5.45. The molecular weight excluding hydrogens is 390 g/mol. The van der Waals surface area contributed by atoms with E-state index in [1.54, 1.807) is 6.92 Å². The van der Waals surface area contributed by atoms with E-state index in [1.165, 1.54) is 0 Å². The van der Waals surface area contributed by atoms with Crippen molar-refractivity contribution in [2.24, 2.45) is 0 Å². The molecule has 1 N–H and O–H groups in total. The van der Waals surface area contributed by atoms with Gasteiger partial charge in [0.25, 0.3) is 0 Å². The molecule has 0 amide bonds. The van der Waals surface area contributed by atoms with Crippen LogP contribution < -0.4 is 0 Å². The Labute approximate surface area is 178 Å². The van der Waals surface area contributed by atoms with E-state index >= 15 is 0 Å². The maximum Gasteiger partial charge on any atom is 0.250 e. The summed E-state index contributed by atoms with van der Waals surface area (Å²) in [5.41, 5.74) is 4.88. The number of benzene rings is 3. The Balaban J connectivity index is 1.47. The molecule has 5 aromatic rings. The van der Waals surface area contributed by atoms with Crippen molar-refractivity contribution in [2.45, 2.75) is 13.0 Å². The predicted molar refractivity (Wildman–Crippen MR) is 116 cm³/mol. The summed E-state index contributed by atoms with van der Waals surface area (Å²) in [4.78, 5) is 0. The summed E-state index contributed by atoms with van der Waals surface area (Å²) in [7, 11) is 0. The molecule has 0 radical (unpaired) electrons. The quantitative estimate of drug-likeness (QED) is 0.415. The van der Waals surface area contributed by atoms with Crippen LogP contribution in [0.3, 0.4) is 0 Å². The molecule has 0 aliphatic rings. The highest BCUT2D eigenvalue weighted by Crippen LogP contribution is 2.35. The van der Waals surface area contributed by atoms with Gasteiger partial charge in [-0.1, -0.05) is 78.0 Å². The lowest BCUT2D eigenvalue weighted by Gasteiger charge is -2.08. The zero-order valence-corrected chi connectivity index (χ0v) is 16.8. The van der Waals surface area contributed by atoms with Crippen molar-refractivity contribution in [3.05, 3.63) is 102 Å². The number of aliphatic hydroxyl groups excluding tert-OH is 1. The lowest BCUT2D eigenvalue weighted by Crippen LogP contribution is -2.02. The van der Waals surface area contributed by atoms with Crippen molar-refractivity contribution in [1.29, 1.82) is 0 Å². The van der Waals surface area contributed by atoms with Gasteiger partial charge in [0.15, 0.2) is 11.9 Å². The minimum Gasteiger partial charge on any atom is -0.417 e. The monoisotopic (exact) mass is 409 g/mol. The fourth-order valence-electron chi connectivity index (χ4n) is 3.52. The third-order valence-corrected chi connectivity index (χ3v) is 5.13. The second-order valence-electron chi connectivity index (χ2n) is 7.17. The first-order chi connectivity index (χ1) is 15.2. The minimum atomic E-state index is -1.15. The van der Waals surface area contributed by atoms with Gasteiger partial charge in [0, 0.05) is 11.1 Å². The number of aromatic nitrogens is 3. The Kier molecular flexibility index (Phi) is 4.90. The Hall–Kier alpha value is -4.03. The van der Waals surface area contributed by atoms with E-state index in [0.29, 0.717) is 22.9 Å². The molecule has 0 aliphatic carbocycles. The third kappa shape index (κ3) is 3.65. The number of aliphatic hydroxyl groups is 1. The SMILES string of the molecule is Cc1noc(-c2ccc(-c3ccccc3)cc2)c1C(O)c1nnc(-c2ccccc2)o1. The van der Waals surface area contributed by atoms with Crippen LogP contribution >= 0.6 is 0 Å². The summed E-state index contributed by atoms with van der Waals surface area (Å²) in [5, 5.41) is 23.2. The van der Waals surface area contributed by atoms with Gasteiger partial charge in [-0.3, -0.25) is 0 Å². The molecule has 0 saturated heterocycles. The summed E-state index contributed by atoms with van der Waals surface area (Å²) in [6.45, 7) is 1.78. The molecule has 3 aromatic carbocycles. The van der Waals surface area contributed by atoms with Gasteiger partial charge in [0.1, 0.15) is 0 Å². The van der Waals surface area contributed by atoms with E-state index in [1.807, 2.05) is 72.8 Å². The lowest BCUT2D eigenvalue weighted by molar-refractivity contribution is 0.183. The molecule has 152 valence electrons. The molecule has 2 heterocycles.